The summed E-state index contributed by atoms with van der Waals surface area (Å²) >= 11 is 12.2. The number of halogens is 3. The summed E-state index contributed by atoms with van der Waals surface area (Å²) < 4.78 is 13.2. The fraction of sp³-hybridized carbons (Fsp3) is 0.538. The van der Waals surface area contributed by atoms with E-state index in [1.807, 2.05) is 0 Å². The van der Waals surface area contributed by atoms with E-state index in [0.29, 0.717) is 16.1 Å². The lowest BCUT2D eigenvalue weighted by Gasteiger charge is -2.35. The molecule has 1 saturated heterocycles. The van der Waals surface area contributed by atoms with Crippen molar-refractivity contribution in [3.8, 4) is 0 Å². The second-order valence-electron chi connectivity index (χ2n) is 4.56. The lowest BCUT2D eigenvalue weighted by Crippen LogP contribution is -2.45. The van der Waals surface area contributed by atoms with Crippen molar-refractivity contribution in [1.29, 1.82) is 0 Å². The Morgan fingerprint density at radius 3 is 2.67 bits per heavy atom. The lowest BCUT2D eigenvalue weighted by molar-refractivity contribution is 0.431. The van der Waals surface area contributed by atoms with E-state index in [1.54, 1.807) is 0 Å². The third-order valence-corrected chi connectivity index (χ3v) is 3.79. The van der Waals surface area contributed by atoms with Crippen molar-refractivity contribution in [2.24, 2.45) is 0 Å². The third kappa shape index (κ3) is 3.08. The molecule has 1 aromatic carbocycles. The first-order valence-electron chi connectivity index (χ1n) is 6.24. The summed E-state index contributed by atoms with van der Waals surface area (Å²) in [6, 6.07) is 3.08. The Bertz CT molecular complexity index is 400. The van der Waals surface area contributed by atoms with Gasteiger partial charge in [-0.15, -0.1) is 0 Å². The number of anilines is 1. The Kier molecular flexibility index (Phi) is 4.71. The third-order valence-electron chi connectivity index (χ3n) is 3.21. The van der Waals surface area contributed by atoms with E-state index >= 15 is 0 Å². The maximum Gasteiger partial charge on any atom is 0.126 e. The van der Waals surface area contributed by atoms with Crippen molar-refractivity contribution in [3.63, 3.8) is 0 Å². The summed E-state index contributed by atoms with van der Waals surface area (Å²) in [5.41, 5.74) is 0.752. The molecule has 1 aliphatic heterocycles. The van der Waals surface area contributed by atoms with E-state index in [2.05, 4.69) is 17.1 Å². The molecule has 0 bridgehead atoms. The zero-order chi connectivity index (χ0) is 13.1. The van der Waals surface area contributed by atoms with Gasteiger partial charge in [-0.05, 0) is 31.5 Å². The van der Waals surface area contributed by atoms with E-state index in [1.165, 1.54) is 12.1 Å². The average Bonchev–Trinajstić information content (AvgIpc) is 2.28. The van der Waals surface area contributed by atoms with Crippen LogP contribution in [0.15, 0.2) is 12.1 Å². The quantitative estimate of drug-likeness (QED) is 0.913. The highest BCUT2D eigenvalue weighted by molar-refractivity contribution is 6.39. The van der Waals surface area contributed by atoms with Crippen LogP contribution in [0.2, 0.25) is 10.0 Å². The molecule has 1 N–H and O–H groups in total. The Labute approximate surface area is 117 Å². The van der Waals surface area contributed by atoms with Crippen LogP contribution in [-0.4, -0.2) is 25.7 Å². The highest BCUT2D eigenvalue weighted by atomic mass is 35.5. The molecule has 1 fully saturated rings. The highest BCUT2D eigenvalue weighted by Crippen LogP contribution is 2.36. The first-order chi connectivity index (χ1) is 8.61. The molecule has 1 aliphatic rings. The number of rotatable bonds is 3. The van der Waals surface area contributed by atoms with E-state index in [9.17, 15) is 4.39 Å². The molecule has 100 valence electrons. The summed E-state index contributed by atoms with van der Waals surface area (Å²) in [6.45, 7) is 4.81. The van der Waals surface area contributed by atoms with Gasteiger partial charge in [-0.2, -0.15) is 0 Å². The number of piperidine rings is 1. The van der Waals surface area contributed by atoms with E-state index in [0.717, 1.165) is 38.2 Å². The Hall–Kier alpha value is -0.510. The second kappa shape index (κ2) is 6.09. The molecule has 5 heteroatoms. The molecule has 0 radical (unpaired) electrons. The standard InChI is InChI=1S/C13H17Cl2FN2/c1-2-17-10-4-3-5-18(8-10)13-11(14)6-9(16)7-12(13)15/h6-7,10,17H,2-5,8H2,1H3. The number of benzene rings is 1. The number of hydrogen-bond acceptors (Lipinski definition) is 2. The molecule has 1 aromatic rings. The summed E-state index contributed by atoms with van der Waals surface area (Å²) in [6.07, 6.45) is 2.24. The molecule has 18 heavy (non-hydrogen) atoms. The van der Waals surface area contributed by atoms with Crippen LogP contribution in [0, 0.1) is 5.82 Å². The fourth-order valence-electron chi connectivity index (χ4n) is 2.47. The van der Waals surface area contributed by atoms with Gasteiger partial charge >= 0.3 is 0 Å². The van der Waals surface area contributed by atoms with Gasteiger partial charge in [0.05, 0.1) is 15.7 Å². The molecule has 0 spiro atoms. The Morgan fingerprint density at radius 2 is 2.06 bits per heavy atom. The van der Waals surface area contributed by atoms with Crippen LogP contribution in [-0.2, 0) is 0 Å². The Morgan fingerprint density at radius 1 is 1.39 bits per heavy atom. The SMILES string of the molecule is CCNC1CCCN(c2c(Cl)cc(F)cc2Cl)C1. The van der Waals surface area contributed by atoms with Gasteiger partial charge in [0.15, 0.2) is 0 Å². The maximum absolute atomic E-state index is 13.2. The number of nitrogens with one attached hydrogen (secondary N) is 1. The monoisotopic (exact) mass is 290 g/mol. The smallest absolute Gasteiger partial charge is 0.126 e. The molecule has 2 nitrogen and oxygen atoms in total. The fourth-order valence-corrected chi connectivity index (χ4v) is 3.17. The van der Waals surface area contributed by atoms with Gasteiger partial charge in [0.25, 0.3) is 0 Å². The minimum atomic E-state index is -0.394. The zero-order valence-electron chi connectivity index (χ0n) is 10.3. The van der Waals surface area contributed by atoms with Crippen LogP contribution in [0.3, 0.4) is 0 Å². The van der Waals surface area contributed by atoms with Crippen molar-refractivity contribution in [2.45, 2.75) is 25.8 Å². The van der Waals surface area contributed by atoms with Crippen LogP contribution >= 0.6 is 23.2 Å². The Balaban J connectivity index is 2.20. The van der Waals surface area contributed by atoms with Crippen LogP contribution in [0.25, 0.3) is 0 Å². The number of nitrogens with zero attached hydrogens (tertiary/aromatic N) is 1. The molecule has 1 unspecified atom stereocenters. The van der Waals surface area contributed by atoms with Crippen molar-refractivity contribution in [3.05, 3.63) is 28.0 Å². The largest absolute Gasteiger partial charge is 0.368 e. The topological polar surface area (TPSA) is 15.3 Å². The molecule has 2 rings (SSSR count). The molecule has 0 saturated carbocycles. The molecular formula is C13H17Cl2FN2. The molecule has 1 atom stereocenters. The van der Waals surface area contributed by atoms with Gasteiger partial charge < -0.3 is 10.2 Å². The first kappa shape index (κ1) is 13.9. The van der Waals surface area contributed by atoms with Gasteiger partial charge in [0.2, 0.25) is 0 Å². The van der Waals surface area contributed by atoms with Crippen LogP contribution < -0.4 is 10.2 Å². The lowest BCUT2D eigenvalue weighted by atomic mass is 10.0. The predicted octanol–water partition coefficient (Wildman–Crippen LogP) is 3.71. The number of likely N-dealkylation sites (N-methyl/N-ethyl adjacent to an activating group) is 1. The molecule has 0 aliphatic carbocycles. The number of hydrogen-bond donors (Lipinski definition) is 1. The van der Waals surface area contributed by atoms with Gasteiger partial charge in [-0.25, -0.2) is 4.39 Å². The van der Waals surface area contributed by atoms with Gasteiger partial charge in [-0.1, -0.05) is 30.1 Å². The van der Waals surface area contributed by atoms with E-state index < -0.39 is 5.82 Å². The minimum absolute atomic E-state index is 0.386. The van der Waals surface area contributed by atoms with Crippen LogP contribution in [0.5, 0.6) is 0 Å². The minimum Gasteiger partial charge on any atom is -0.368 e. The molecule has 1 heterocycles. The van der Waals surface area contributed by atoms with Crippen molar-refractivity contribution in [1.82, 2.24) is 5.32 Å². The maximum atomic E-state index is 13.2. The average molecular weight is 291 g/mol. The highest BCUT2D eigenvalue weighted by Gasteiger charge is 2.23. The summed E-state index contributed by atoms with van der Waals surface area (Å²) in [5, 5.41) is 4.21. The van der Waals surface area contributed by atoms with Crippen LogP contribution in [0.1, 0.15) is 19.8 Å². The van der Waals surface area contributed by atoms with E-state index in [4.69, 9.17) is 23.2 Å². The van der Waals surface area contributed by atoms with Crippen molar-refractivity contribution < 1.29 is 4.39 Å². The van der Waals surface area contributed by atoms with Crippen molar-refractivity contribution in [2.75, 3.05) is 24.5 Å². The predicted molar refractivity (Wildman–Crippen MR) is 75.3 cm³/mol. The first-order valence-corrected chi connectivity index (χ1v) is 7.00. The normalized spacial score (nSPS) is 20.2. The van der Waals surface area contributed by atoms with Gasteiger partial charge in [0, 0.05) is 19.1 Å². The van der Waals surface area contributed by atoms with E-state index in [-0.39, 0.29) is 0 Å². The van der Waals surface area contributed by atoms with Crippen molar-refractivity contribution >= 4 is 28.9 Å². The van der Waals surface area contributed by atoms with Crippen LogP contribution in [0.4, 0.5) is 10.1 Å². The summed E-state index contributed by atoms with van der Waals surface area (Å²) in [5.74, 6) is -0.394. The molecular weight excluding hydrogens is 274 g/mol. The zero-order valence-corrected chi connectivity index (χ0v) is 11.9. The van der Waals surface area contributed by atoms with Gasteiger partial charge in [0.1, 0.15) is 5.82 Å². The van der Waals surface area contributed by atoms with Gasteiger partial charge in [-0.3, -0.25) is 0 Å². The second-order valence-corrected chi connectivity index (χ2v) is 5.38. The summed E-state index contributed by atoms with van der Waals surface area (Å²) in [7, 11) is 0. The summed E-state index contributed by atoms with van der Waals surface area (Å²) in [4.78, 5) is 2.14. The molecule has 0 aromatic heterocycles. The molecule has 0 amide bonds.